The highest BCUT2D eigenvalue weighted by Gasteiger charge is 2.13. The van der Waals surface area contributed by atoms with Crippen LogP contribution in [0.15, 0.2) is 36.4 Å². The van der Waals surface area contributed by atoms with Gasteiger partial charge in [-0.1, -0.05) is 11.6 Å². The molecule has 0 spiro atoms. The molecule has 0 aliphatic rings. The second-order valence-electron chi connectivity index (χ2n) is 4.20. The third-order valence-corrected chi connectivity index (χ3v) is 3.03. The average molecular weight is 279 g/mol. The van der Waals surface area contributed by atoms with Gasteiger partial charge in [-0.15, -0.1) is 0 Å². The van der Waals surface area contributed by atoms with Crippen LogP contribution in [0.2, 0.25) is 5.02 Å². The Labute approximate surface area is 115 Å². The lowest BCUT2D eigenvalue weighted by Crippen LogP contribution is -2.03. The summed E-state index contributed by atoms with van der Waals surface area (Å²) >= 11 is 5.90. The Bertz CT molecular complexity index is 618. The van der Waals surface area contributed by atoms with Gasteiger partial charge in [0.2, 0.25) is 0 Å². The summed E-state index contributed by atoms with van der Waals surface area (Å²) in [4.78, 5) is 12.3. The highest BCUT2D eigenvalue weighted by molar-refractivity contribution is 6.32. The van der Waals surface area contributed by atoms with E-state index in [1.54, 1.807) is 31.2 Å². The van der Waals surface area contributed by atoms with Crippen molar-refractivity contribution in [3.05, 3.63) is 63.9 Å². The maximum atomic E-state index is 13.3. The van der Waals surface area contributed by atoms with Crippen LogP contribution in [0.3, 0.4) is 0 Å². The van der Waals surface area contributed by atoms with Gasteiger partial charge < -0.3 is 4.74 Å². The number of carbonyl (C=O) groups is 1. The third-order valence-electron chi connectivity index (χ3n) is 2.72. The number of hydrogen-bond donors (Lipinski definition) is 0. The summed E-state index contributed by atoms with van der Waals surface area (Å²) < 4.78 is 18.4. The zero-order chi connectivity index (χ0) is 14.0. The SMILES string of the molecule is COc1cc(C(=O)c2cc(C)cc(F)c2)ccc1Cl. The molecule has 2 aromatic carbocycles. The fourth-order valence-electron chi connectivity index (χ4n) is 1.84. The normalized spacial score (nSPS) is 10.3. The molecule has 0 N–H and O–H groups in total. The summed E-state index contributed by atoms with van der Waals surface area (Å²) in [5, 5.41) is 0.425. The quantitative estimate of drug-likeness (QED) is 0.793. The van der Waals surface area contributed by atoms with Gasteiger partial charge >= 0.3 is 0 Å². The number of halogens is 2. The maximum Gasteiger partial charge on any atom is 0.193 e. The Morgan fingerprint density at radius 2 is 1.89 bits per heavy atom. The number of methoxy groups -OCH3 is 1. The van der Waals surface area contributed by atoms with E-state index in [4.69, 9.17) is 16.3 Å². The molecule has 0 heterocycles. The Kier molecular flexibility index (Phi) is 3.86. The first-order valence-corrected chi connectivity index (χ1v) is 6.04. The van der Waals surface area contributed by atoms with Crippen LogP contribution in [0.1, 0.15) is 21.5 Å². The molecule has 0 fully saturated rings. The number of ketones is 1. The van der Waals surface area contributed by atoms with Crippen molar-refractivity contribution in [3.8, 4) is 5.75 Å². The average Bonchev–Trinajstić information content (AvgIpc) is 2.37. The zero-order valence-corrected chi connectivity index (χ0v) is 11.3. The van der Waals surface area contributed by atoms with E-state index in [2.05, 4.69) is 0 Å². The lowest BCUT2D eigenvalue weighted by Gasteiger charge is -2.07. The lowest BCUT2D eigenvalue weighted by molar-refractivity contribution is 0.103. The van der Waals surface area contributed by atoms with Crippen LogP contribution in [-0.2, 0) is 0 Å². The minimum atomic E-state index is -0.427. The van der Waals surface area contributed by atoms with Crippen LogP contribution in [0.25, 0.3) is 0 Å². The van der Waals surface area contributed by atoms with Crippen molar-refractivity contribution in [2.24, 2.45) is 0 Å². The molecule has 2 nitrogen and oxygen atoms in total. The standard InChI is InChI=1S/C15H12ClFO2/c1-9-5-11(7-12(17)6-9)15(18)10-3-4-13(16)14(8-10)19-2/h3-8H,1-2H3. The molecule has 2 rings (SSSR count). The van der Waals surface area contributed by atoms with E-state index < -0.39 is 5.82 Å². The van der Waals surface area contributed by atoms with E-state index in [9.17, 15) is 9.18 Å². The first-order valence-electron chi connectivity index (χ1n) is 5.66. The van der Waals surface area contributed by atoms with E-state index in [-0.39, 0.29) is 5.78 Å². The number of carbonyl (C=O) groups excluding carboxylic acids is 1. The van der Waals surface area contributed by atoms with Crippen LogP contribution in [0, 0.1) is 12.7 Å². The monoisotopic (exact) mass is 278 g/mol. The number of ether oxygens (including phenoxy) is 1. The summed E-state index contributed by atoms with van der Waals surface area (Å²) in [7, 11) is 1.47. The first kappa shape index (κ1) is 13.6. The molecule has 98 valence electrons. The van der Waals surface area contributed by atoms with Crippen LogP contribution in [-0.4, -0.2) is 12.9 Å². The Hall–Kier alpha value is -1.87. The Balaban J connectivity index is 2.43. The lowest BCUT2D eigenvalue weighted by atomic mass is 10.0. The van der Waals surface area contributed by atoms with Gasteiger partial charge in [-0.25, -0.2) is 4.39 Å². The fourth-order valence-corrected chi connectivity index (χ4v) is 2.03. The molecule has 0 bridgehead atoms. The van der Waals surface area contributed by atoms with Gasteiger partial charge in [0.25, 0.3) is 0 Å². The molecule has 0 aromatic heterocycles. The molecule has 0 radical (unpaired) electrons. The van der Waals surface area contributed by atoms with Crippen LogP contribution < -0.4 is 4.74 Å². The van der Waals surface area contributed by atoms with Gasteiger partial charge in [-0.3, -0.25) is 4.79 Å². The van der Waals surface area contributed by atoms with E-state index in [0.717, 1.165) is 0 Å². The Morgan fingerprint density at radius 3 is 2.53 bits per heavy atom. The van der Waals surface area contributed by atoms with E-state index >= 15 is 0 Å². The molecule has 0 unspecified atom stereocenters. The molecular weight excluding hydrogens is 267 g/mol. The predicted octanol–water partition coefficient (Wildman–Crippen LogP) is 4.03. The molecule has 4 heteroatoms. The molecule has 0 atom stereocenters. The Morgan fingerprint density at radius 1 is 1.16 bits per heavy atom. The first-order chi connectivity index (χ1) is 9.01. The predicted molar refractivity (Wildman–Crippen MR) is 72.6 cm³/mol. The molecule has 0 amide bonds. The molecule has 0 saturated carbocycles. The number of rotatable bonds is 3. The van der Waals surface area contributed by atoms with Crippen molar-refractivity contribution < 1.29 is 13.9 Å². The highest BCUT2D eigenvalue weighted by Crippen LogP contribution is 2.26. The van der Waals surface area contributed by atoms with Gasteiger partial charge in [0.1, 0.15) is 11.6 Å². The molecular formula is C15H12ClFO2. The van der Waals surface area contributed by atoms with Crippen molar-refractivity contribution in [3.63, 3.8) is 0 Å². The van der Waals surface area contributed by atoms with Gasteiger partial charge in [0.15, 0.2) is 5.78 Å². The van der Waals surface area contributed by atoms with Crippen molar-refractivity contribution in [1.29, 1.82) is 0 Å². The molecule has 0 aliphatic carbocycles. The van der Waals surface area contributed by atoms with E-state index in [1.165, 1.54) is 19.2 Å². The van der Waals surface area contributed by atoms with Crippen molar-refractivity contribution in [2.45, 2.75) is 6.92 Å². The highest BCUT2D eigenvalue weighted by atomic mass is 35.5. The summed E-state index contributed by atoms with van der Waals surface area (Å²) in [6.07, 6.45) is 0. The van der Waals surface area contributed by atoms with Gasteiger partial charge in [-0.2, -0.15) is 0 Å². The molecule has 2 aromatic rings. The summed E-state index contributed by atoms with van der Waals surface area (Å²) in [5.41, 5.74) is 1.41. The molecule has 0 aliphatic heterocycles. The summed E-state index contributed by atoms with van der Waals surface area (Å²) in [6.45, 7) is 1.74. The number of benzene rings is 2. The van der Waals surface area contributed by atoms with E-state index in [0.29, 0.717) is 27.5 Å². The van der Waals surface area contributed by atoms with Crippen LogP contribution >= 0.6 is 11.6 Å². The van der Waals surface area contributed by atoms with Crippen LogP contribution in [0.5, 0.6) is 5.75 Å². The summed E-state index contributed by atoms with van der Waals surface area (Å²) in [5.74, 6) is -0.275. The maximum absolute atomic E-state index is 13.3. The van der Waals surface area contributed by atoms with Gasteiger partial charge in [-0.05, 0) is 48.9 Å². The minimum absolute atomic E-state index is 0.266. The van der Waals surface area contributed by atoms with Crippen molar-refractivity contribution in [2.75, 3.05) is 7.11 Å². The third kappa shape index (κ3) is 2.93. The van der Waals surface area contributed by atoms with Crippen LogP contribution in [0.4, 0.5) is 4.39 Å². The second kappa shape index (κ2) is 5.41. The smallest absolute Gasteiger partial charge is 0.193 e. The fraction of sp³-hybridized carbons (Fsp3) is 0.133. The zero-order valence-electron chi connectivity index (χ0n) is 10.5. The topological polar surface area (TPSA) is 26.3 Å². The number of aryl methyl sites for hydroxylation is 1. The van der Waals surface area contributed by atoms with E-state index in [1.807, 2.05) is 0 Å². The van der Waals surface area contributed by atoms with Crippen molar-refractivity contribution >= 4 is 17.4 Å². The molecule has 0 saturated heterocycles. The van der Waals surface area contributed by atoms with Crippen molar-refractivity contribution in [1.82, 2.24) is 0 Å². The minimum Gasteiger partial charge on any atom is -0.495 e. The summed E-state index contributed by atoms with van der Waals surface area (Å²) in [6, 6.07) is 8.96. The van der Waals surface area contributed by atoms with Gasteiger partial charge in [0, 0.05) is 11.1 Å². The number of hydrogen-bond acceptors (Lipinski definition) is 2. The molecule has 19 heavy (non-hydrogen) atoms. The second-order valence-corrected chi connectivity index (χ2v) is 4.60. The van der Waals surface area contributed by atoms with Gasteiger partial charge in [0.05, 0.1) is 12.1 Å². The largest absolute Gasteiger partial charge is 0.495 e.